The van der Waals surface area contributed by atoms with Gasteiger partial charge in [-0.05, 0) is 55.5 Å². The summed E-state index contributed by atoms with van der Waals surface area (Å²) in [6.45, 7) is 0.610. The fourth-order valence-electron chi connectivity index (χ4n) is 1.99. The van der Waals surface area contributed by atoms with Crippen molar-refractivity contribution in [2.45, 2.75) is 17.9 Å². The summed E-state index contributed by atoms with van der Waals surface area (Å²) < 4.78 is 56.5. The van der Waals surface area contributed by atoms with E-state index in [2.05, 4.69) is 0 Å². The lowest BCUT2D eigenvalue weighted by Gasteiger charge is -2.13. The van der Waals surface area contributed by atoms with Crippen LogP contribution < -0.4 is 4.72 Å². The largest absolute Gasteiger partial charge is 0.453 e. The Balaban J connectivity index is 1.92. The van der Waals surface area contributed by atoms with Crippen LogP contribution in [0.3, 0.4) is 0 Å². The molecule has 138 valence electrons. The molecule has 2 rings (SSSR count). The lowest BCUT2D eigenvalue weighted by atomic mass is 10.1. The van der Waals surface area contributed by atoms with Crippen LogP contribution >= 0.6 is 0 Å². The Bertz CT molecular complexity index is 896. The number of halogens is 2. The summed E-state index contributed by atoms with van der Waals surface area (Å²) in [4.78, 5) is 23.6. The lowest BCUT2D eigenvalue weighted by molar-refractivity contribution is -0.144. The minimum absolute atomic E-state index is 0.151. The molecule has 0 aliphatic heterocycles. The van der Waals surface area contributed by atoms with Crippen LogP contribution in [0.15, 0.2) is 53.4 Å². The first-order chi connectivity index (χ1) is 12.2. The molecule has 0 aliphatic carbocycles. The van der Waals surface area contributed by atoms with Gasteiger partial charge in [-0.25, -0.2) is 17.2 Å². The molecule has 0 unspecified atom stereocenters. The standard InChI is InChI=1S/C17H15F2NO5S/c1-11(17(22)12-2-4-13(18)5-3-12)25-16(21)10-20-26(23,24)15-8-6-14(19)7-9-15/h2-9,11,20H,10H2,1H3/t11-/m0/s1. The minimum Gasteiger partial charge on any atom is -0.453 e. The highest BCUT2D eigenvalue weighted by atomic mass is 32.2. The molecule has 9 heteroatoms. The van der Waals surface area contributed by atoms with E-state index in [0.717, 1.165) is 36.4 Å². The molecule has 0 saturated heterocycles. The number of ketones is 1. The summed E-state index contributed by atoms with van der Waals surface area (Å²) in [5.74, 6) is -2.64. The summed E-state index contributed by atoms with van der Waals surface area (Å²) in [7, 11) is -4.03. The third-order valence-corrected chi connectivity index (χ3v) is 4.75. The van der Waals surface area contributed by atoms with Gasteiger partial charge in [0.25, 0.3) is 0 Å². The zero-order chi connectivity index (χ0) is 19.3. The zero-order valence-corrected chi connectivity index (χ0v) is 14.4. The van der Waals surface area contributed by atoms with Crippen LogP contribution in [-0.2, 0) is 19.6 Å². The number of carbonyl (C=O) groups excluding carboxylic acids is 2. The number of nitrogens with one attached hydrogen (secondary N) is 1. The predicted octanol–water partition coefficient (Wildman–Crippen LogP) is 2.06. The molecule has 0 spiro atoms. The van der Waals surface area contributed by atoms with Crippen molar-refractivity contribution >= 4 is 21.8 Å². The van der Waals surface area contributed by atoms with Crippen molar-refractivity contribution in [2.75, 3.05) is 6.54 Å². The number of Topliss-reactive ketones (excluding diaryl/α,β-unsaturated/α-hetero) is 1. The number of rotatable bonds is 7. The molecule has 26 heavy (non-hydrogen) atoms. The second-order valence-corrected chi connectivity index (χ2v) is 7.05. The lowest BCUT2D eigenvalue weighted by Crippen LogP contribution is -2.34. The first-order valence-electron chi connectivity index (χ1n) is 7.43. The van der Waals surface area contributed by atoms with Crippen LogP contribution in [0.2, 0.25) is 0 Å². The van der Waals surface area contributed by atoms with E-state index in [4.69, 9.17) is 4.74 Å². The van der Waals surface area contributed by atoms with Gasteiger partial charge < -0.3 is 4.74 Å². The van der Waals surface area contributed by atoms with Gasteiger partial charge in [0.15, 0.2) is 6.10 Å². The third-order valence-electron chi connectivity index (χ3n) is 3.34. The van der Waals surface area contributed by atoms with Crippen molar-refractivity contribution in [3.8, 4) is 0 Å². The van der Waals surface area contributed by atoms with E-state index in [0.29, 0.717) is 0 Å². The second-order valence-electron chi connectivity index (χ2n) is 5.28. The summed E-state index contributed by atoms with van der Waals surface area (Å²) in [5.41, 5.74) is 0.151. The smallest absolute Gasteiger partial charge is 0.321 e. The van der Waals surface area contributed by atoms with Gasteiger partial charge in [-0.3, -0.25) is 9.59 Å². The number of hydrogen-bond donors (Lipinski definition) is 1. The van der Waals surface area contributed by atoms with Crippen molar-refractivity contribution in [1.82, 2.24) is 4.72 Å². The Hall–Kier alpha value is -2.65. The van der Waals surface area contributed by atoms with E-state index in [1.807, 2.05) is 4.72 Å². The molecule has 0 aliphatic rings. The zero-order valence-electron chi connectivity index (χ0n) is 13.6. The van der Waals surface area contributed by atoms with Crippen LogP contribution in [0.1, 0.15) is 17.3 Å². The molecule has 0 heterocycles. The summed E-state index contributed by atoms with van der Waals surface area (Å²) in [6.07, 6.45) is -1.18. The maximum atomic E-state index is 12.9. The molecule has 0 amide bonds. The first-order valence-corrected chi connectivity index (χ1v) is 8.92. The van der Waals surface area contributed by atoms with Gasteiger partial charge in [0, 0.05) is 5.56 Å². The normalized spacial score (nSPS) is 12.4. The monoisotopic (exact) mass is 383 g/mol. The van der Waals surface area contributed by atoms with Gasteiger partial charge in [-0.2, -0.15) is 4.72 Å². The Morgan fingerprint density at radius 2 is 1.50 bits per heavy atom. The van der Waals surface area contributed by atoms with Crippen molar-refractivity contribution in [3.05, 3.63) is 65.7 Å². The number of esters is 1. The van der Waals surface area contributed by atoms with E-state index >= 15 is 0 Å². The van der Waals surface area contributed by atoms with Crippen molar-refractivity contribution in [2.24, 2.45) is 0 Å². The Morgan fingerprint density at radius 3 is 2.04 bits per heavy atom. The third kappa shape index (κ3) is 5.17. The van der Waals surface area contributed by atoms with Crippen LogP contribution in [0.25, 0.3) is 0 Å². The van der Waals surface area contributed by atoms with Gasteiger partial charge in [0.2, 0.25) is 15.8 Å². The molecular formula is C17H15F2NO5S. The minimum atomic E-state index is -4.03. The number of carbonyl (C=O) groups is 2. The molecule has 1 N–H and O–H groups in total. The fourth-order valence-corrected chi connectivity index (χ4v) is 2.96. The van der Waals surface area contributed by atoms with E-state index in [-0.39, 0.29) is 10.5 Å². The highest BCUT2D eigenvalue weighted by molar-refractivity contribution is 7.89. The fraction of sp³-hybridized carbons (Fsp3) is 0.176. The molecule has 2 aromatic rings. The van der Waals surface area contributed by atoms with Crippen LogP contribution in [-0.4, -0.2) is 32.8 Å². The maximum Gasteiger partial charge on any atom is 0.321 e. The van der Waals surface area contributed by atoms with E-state index in [1.165, 1.54) is 19.1 Å². The number of hydrogen-bond acceptors (Lipinski definition) is 5. The molecule has 6 nitrogen and oxygen atoms in total. The van der Waals surface area contributed by atoms with Crippen LogP contribution in [0, 0.1) is 11.6 Å². The molecule has 0 fully saturated rings. The highest BCUT2D eigenvalue weighted by Gasteiger charge is 2.21. The average molecular weight is 383 g/mol. The van der Waals surface area contributed by atoms with Crippen LogP contribution in [0.5, 0.6) is 0 Å². The van der Waals surface area contributed by atoms with E-state index in [9.17, 15) is 26.8 Å². The molecule has 0 aromatic heterocycles. The average Bonchev–Trinajstić information content (AvgIpc) is 2.60. The maximum absolute atomic E-state index is 12.9. The van der Waals surface area contributed by atoms with Gasteiger partial charge in [0.1, 0.15) is 18.2 Å². The molecule has 0 bridgehead atoms. The topological polar surface area (TPSA) is 89.5 Å². The molecule has 0 saturated carbocycles. The predicted molar refractivity (Wildman–Crippen MR) is 87.9 cm³/mol. The van der Waals surface area contributed by atoms with Crippen molar-refractivity contribution in [3.63, 3.8) is 0 Å². The molecular weight excluding hydrogens is 368 g/mol. The molecule has 1 atom stereocenters. The first kappa shape index (κ1) is 19.7. The van der Waals surface area contributed by atoms with Gasteiger partial charge >= 0.3 is 5.97 Å². The number of sulfonamides is 1. The summed E-state index contributed by atoms with van der Waals surface area (Å²) >= 11 is 0. The highest BCUT2D eigenvalue weighted by Crippen LogP contribution is 2.10. The molecule has 0 radical (unpaired) electrons. The molecule has 2 aromatic carbocycles. The summed E-state index contributed by atoms with van der Waals surface area (Å²) in [6, 6.07) is 8.72. The van der Waals surface area contributed by atoms with Crippen molar-refractivity contribution < 1.29 is 31.5 Å². The Labute approximate surface area is 148 Å². The van der Waals surface area contributed by atoms with E-state index < -0.39 is 46.1 Å². The summed E-state index contributed by atoms with van der Waals surface area (Å²) in [5, 5.41) is 0. The number of ether oxygens (including phenoxy) is 1. The van der Waals surface area contributed by atoms with Gasteiger partial charge in [-0.1, -0.05) is 0 Å². The second kappa shape index (κ2) is 8.15. The number of benzene rings is 2. The quantitative estimate of drug-likeness (QED) is 0.584. The van der Waals surface area contributed by atoms with Gasteiger partial charge in [-0.15, -0.1) is 0 Å². The Morgan fingerprint density at radius 1 is 1.00 bits per heavy atom. The Kier molecular flexibility index (Phi) is 6.17. The van der Waals surface area contributed by atoms with Crippen LogP contribution in [0.4, 0.5) is 8.78 Å². The van der Waals surface area contributed by atoms with E-state index in [1.54, 1.807) is 0 Å². The SMILES string of the molecule is C[C@H](OC(=O)CNS(=O)(=O)c1ccc(F)cc1)C(=O)c1ccc(F)cc1. The van der Waals surface area contributed by atoms with Gasteiger partial charge in [0.05, 0.1) is 4.90 Å². The van der Waals surface area contributed by atoms with Crippen molar-refractivity contribution in [1.29, 1.82) is 0 Å².